The van der Waals surface area contributed by atoms with Crippen LogP contribution in [0.2, 0.25) is 0 Å². The minimum Gasteiger partial charge on any atom is -0.508 e. The maximum Gasteiger partial charge on any atom is 0.220 e. The fourth-order valence-corrected chi connectivity index (χ4v) is 5.50. The lowest BCUT2D eigenvalue weighted by Gasteiger charge is -2.14. The third-order valence-electron chi connectivity index (χ3n) is 6.23. The van der Waals surface area contributed by atoms with Gasteiger partial charge in [0.05, 0.1) is 16.6 Å². The highest BCUT2D eigenvalue weighted by molar-refractivity contribution is 7.13. The van der Waals surface area contributed by atoms with Crippen molar-refractivity contribution in [2.24, 2.45) is 0 Å². The van der Waals surface area contributed by atoms with Crippen LogP contribution in [0.1, 0.15) is 55.3 Å². The number of hydrogen-bond donors (Lipinski definition) is 2. The van der Waals surface area contributed by atoms with Crippen molar-refractivity contribution in [3.8, 4) is 16.3 Å². The number of benzene rings is 2. The minimum absolute atomic E-state index is 0.0288. The molecule has 0 saturated heterocycles. The first kappa shape index (κ1) is 23.1. The summed E-state index contributed by atoms with van der Waals surface area (Å²) in [5, 5.41) is 16.4. The molecule has 33 heavy (non-hydrogen) atoms. The van der Waals surface area contributed by atoms with Crippen LogP contribution in [0.15, 0.2) is 60.0 Å². The molecule has 2 heterocycles. The molecule has 0 aliphatic rings. The van der Waals surface area contributed by atoms with Crippen molar-refractivity contribution in [2.45, 2.75) is 59.0 Å². The van der Waals surface area contributed by atoms with Crippen LogP contribution in [-0.2, 0) is 11.3 Å². The maximum absolute atomic E-state index is 12.4. The lowest BCUT2D eigenvalue weighted by Crippen LogP contribution is -2.26. The topological polar surface area (TPSA) is 54.3 Å². The van der Waals surface area contributed by atoms with Crippen molar-refractivity contribution in [2.75, 3.05) is 0 Å². The molecule has 4 nitrogen and oxygen atoms in total. The molecule has 172 valence electrons. The maximum atomic E-state index is 12.4. The van der Waals surface area contributed by atoms with Gasteiger partial charge in [0.25, 0.3) is 0 Å². The van der Waals surface area contributed by atoms with Crippen LogP contribution in [0, 0.1) is 13.8 Å². The first-order chi connectivity index (χ1) is 15.9. The highest BCUT2D eigenvalue weighted by atomic mass is 32.1. The third-order valence-corrected chi connectivity index (χ3v) is 7.28. The number of thiophene rings is 1. The van der Waals surface area contributed by atoms with Gasteiger partial charge in [0.2, 0.25) is 5.91 Å². The molecule has 2 aromatic heterocycles. The largest absolute Gasteiger partial charge is 0.508 e. The third kappa shape index (κ3) is 5.31. The fourth-order valence-electron chi connectivity index (χ4n) is 4.49. The van der Waals surface area contributed by atoms with Gasteiger partial charge in [0.1, 0.15) is 5.75 Å². The molecule has 2 N–H and O–H groups in total. The number of nitrogens with one attached hydrogen (secondary N) is 1. The summed E-state index contributed by atoms with van der Waals surface area (Å²) in [6, 6.07) is 18.0. The molecule has 1 amide bonds. The van der Waals surface area contributed by atoms with Crippen molar-refractivity contribution < 1.29 is 9.90 Å². The van der Waals surface area contributed by atoms with Crippen LogP contribution in [0.4, 0.5) is 0 Å². The van der Waals surface area contributed by atoms with Gasteiger partial charge in [-0.15, -0.1) is 11.3 Å². The predicted molar refractivity (Wildman–Crippen MR) is 138 cm³/mol. The molecular weight excluding hydrogens is 428 g/mol. The summed E-state index contributed by atoms with van der Waals surface area (Å²) in [7, 11) is 0. The van der Waals surface area contributed by atoms with E-state index >= 15 is 0 Å². The molecule has 0 bridgehead atoms. The molecule has 0 fully saturated rings. The summed E-state index contributed by atoms with van der Waals surface area (Å²) in [6.45, 7) is 7.18. The van der Waals surface area contributed by atoms with E-state index in [4.69, 9.17) is 0 Å². The minimum atomic E-state index is 0.0288. The molecule has 4 aromatic rings. The van der Waals surface area contributed by atoms with E-state index in [2.05, 4.69) is 35.2 Å². The first-order valence-electron chi connectivity index (χ1n) is 11.7. The Hall–Kier alpha value is -3.05. The average molecular weight is 461 g/mol. The second-order valence-electron chi connectivity index (χ2n) is 8.83. The van der Waals surface area contributed by atoms with E-state index < -0.39 is 0 Å². The number of unbranched alkanes of at least 4 members (excludes halogenated alkanes) is 2. The summed E-state index contributed by atoms with van der Waals surface area (Å²) < 4.78 is 2.38. The van der Waals surface area contributed by atoms with E-state index in [1.54, 1.807) is 17.4 Å². The van der Waals surface area contributed by atoms with E-state index in [0.717, 1.165) is 42.3 Å². The lowest BCUT2D eigenvalue weighted by atomic mass is 10.1. The second kappa shape index (κ2) is 10.3. The van der Waals surface area contributed by atoms with Crippen LogP contribution >= 0.6 is 11.3 Å². The molecule has 0 aliphatic heterocycles. The van der Waals surface area contributed by atoms with E-state index in [9.17, 15) is 9.90 Å². The molecule has 2 aromatic carbocycles. The van der Waals surface area contributed by atoms with E-state index in [1.807, 2.05) is 49.4 Å². The van der Waals surface area contributed by atoms with Gasteiger partial charge in [-0.25, -0.2) is 0 Å². The number of aryl methyl sites for hydroxylation is 3. The normalized spacial score (nSPS) is 12.2. The summed E-state index contributed by atoms with van der Waals surface area (Å²) in [5.74, 6) is 0.409. The van der Waals surface area contributed by atoms with Crippen LogP contribution in [0.25, 0.3) is 21.5 Å². The van der Waals surface area contributed by atoms with Crippen molar-refractivity contribution in [3.05, 3.63) is 76.7 Å². The Morgan fingerprint density at radius 2 is 1.85 bits per heavy atom. The van der Waals surface area contributed by atoms with E-state index in [-0.39, 0.29) is 11.9 Å². The van der Waals surface area contributed by atoms with Crippen LogP contribution in [0.3, 0.4) is 0 Å². The van der Waals surface area contributed by atoms with Crippen LogP contribution < -0.4 is 5.32 Å². The van der Waals surface area contributed by atoms with Gasteiger partial charge in [-0.3, -0.25) is 4.79 Å². The predicted octanol–water partition coefficient (Wildman–Crippen LogP) is 7.13. The Bertz CT molecular complexity index is 1240. The Labute approximate surface area is 199 Å². The zero-order valence-electron chi connectivity index (χ0n) is 19.6. The van der Waals surface area contributed by atoms with Crippen molar-refractivity contribution in [1.82, 2.24) is 9.88 Å². The smallest absolute Gasteiger partial charge is 0.220 e. The Morgan fingerprint density at radius 1 is 1.06 bits per heavy atom. The number of nitrogens with zero attached hydrogens (tertiary/aromatic N) is 1. The molecule has 0 saturated carbocycles. The second-order valence-corrected chi connectivity index (χ2v) is 9.74. The quantitative estimate of drug-likeness (QED) is 0.261. The number of carbonyl (C=O) groups excluding carboxylic acids is 1. The SMILES string of the molecule is Cc1csc(-c2c(C)c3cc(O)ccc3n2CCCCCC(=O)NC(C)c2ccccc2)c1. The molecular formula is C28H32N2O2S. The highest BCUT2D eigenvalue weighted by Gasteiger charge is 2.17. The Kier molecular flexibility index (Phi) is 7.19. The molecule has 1 atom stereocenters. The van der Waals surface area contributed by atoms with Gasteiger partial charge in [0.15, 0.2) is 0 Å². The number of rotatable bonds is 9. The number of phenols is 1. The van der Waals surface area contributed by atoms with Gasteiger partial charge >= 0.3 is 0 Å². The van der Waals surface area contributed by atoms with Gasteiger partial charge in [-0.05, 0) is 79.9 Å². The Balaban J connectivity index is 1.38. The Morgan fingerprint density at radius 3 is 2.58 bits per heavy atom. The molecule has 0 aliphatic carbocycles. The summed E-state index contributed by atoms with van der Waals surface area (Å²) in [5.41, 5.74) is 5.99. The first-order valence-corrected chi connectivity index (χ1v) is 12.5. The molecule has 5 heteroatoms. The number of aromatic nitrogens is 1. The van der Waals surface area contributed by atoms with Gasteiger partial charge < -0.3 is 15.0 Å². The van der Waals surface area contributed by atoms with Gasteiger partial charge in [-0.2, -0.15) is 0 Å². The highest BCUT2D eigenvalue weighted by Crippen LogP contribution is 2.38. The van der Waals surface area contributed by atoms with E-state index in [0.29, 0.717) is 12.2 Å². The monoisotopic (exact) mass is 460 g/mol. The van der Waals surface area contributed by atoms with Crippen molar-refractivity contribution in [1.29, 1.82) is 0 Å². The molecule has 0 spiro atoms. The zero-order valence-corrected chi connectivity index (χ0v) is 20.4. The number of carbonyl (C=O) groups is 1. The number of phenolic OH excluding ortho intramolecular Hbond substituents is 1. The van der Waals surface area contributed by atoms with Gasteiger partial charge in [-0.1, -0.05) is 36.8 Å². The van der Waals surface area contributed by atoms with E-state index in [1.165, 1.54) is 21.7 Å². The number of amides is 1. The molecule has 0 radical (unpaired) electrons. The van der Waals surface area contributed by atoms with Crippen molar-refractivity contribution in [3.63, 3.8) is 0 Å². The zero-order chi connectivity index (χ0) is 23.4. The average Bonchev–Trinajstić information content (AvgIpc) is 3.34. The van der Waals surface area contributed by atoms with Gasteiger partial charge in [0, 0.05) is 23.9 Å². The standard InChI is InChI=1S/C28H32N2O2S/c1-19-16-26(33-18-19)28-20(2)24-17-23(31)13-14-25(24)30(28)15-9-5-8-12-27(32)29-21(3)22-10-6-4-7-11-22/h4,6-7,10-11,13-14,16-18,21,31H,5,8-9,12,15H2,1-3H3,(H,29,32). The summed E-state index contributed by atoms with van der Waals surface area (Å²) in [4.78, 5) is 13.6. The number of hydrogen-bond acceptors (Lipinski definition) is 3. The molecule has 1 unspecified atom stereocenters. The number of aromatic hydroxyl groups is 1. The van der Waals surface area contributed by atoms with Crippen molar-refractivity contribution >= 4 is 28.1 Å². The summed E-state index contributed by atoms with van der Waals surface area (Å²) >= 11 is 1.77. The number of fused-ring (bicyclic) bond motifs is 1. The molecule has 4 rings (SSSR count). The summed E-state index contributed by atoms with van der Waals surface area (Å²) in [6.07, 6.45) is 3.42. The lowest BCUT2D eigenvalue weighted by molar-refractivity contribution is -0.121. The van der Waals surface area contributed by atoms with Crippen LogP contribution in [-0.4, -0.2) is 15.6 Å². The van der Waals surface area contributed by atoms with Crippen LogP contribution in [0.5, 0.6) is 5.75 Å². The fraction of sp³-hybridized carbons (Fsp3) is 0.321.